The molecule has 4 bridgehead atoms. The highest BCUT2D eigenvalue weighted by Crippen LogP contribution is 2.59. The number of nitrogens with one attached hydrogen (secondary N) is 1. The first-order valence-electron chi connectivity index (χ1n) is 9.80. The number of rotatable bonds is 2. The number of urea groups is 1. The lowest BCUT2D eigenvalue weighted by Gasteiger charge is -2.58. The zero-order valence-corrected chi connectivity index (χ0v) is 14.6. The first-order valence-corrected chi connectivity index (χ1v) is 9.80. The fourth-order valence-electron chi connectivity index (χ4n) is 6.43. The fraction of sp³-hybridized carbons (Fsp3) is 0.619. The molecule has 6 rings (SSSR count). The number of aryl methyl sites for hydroxylation is 1. The van der Waals surface area contributed by atoms with Crippen LogP contribution >= 0.6 is 0 Å². The summed E-state index contributed by atoms with van der Waals surface area (Å²) in [6.45, 7) is 0.797. The maximum Gasteiger partial charge on any atom is 0.322 e. The molecule has 1 aromatic carbocycles. The number of amides is 2. The Labute approximate surface area is 149 Å². The summed E-state index contributed by atoms with van der Waals surface area (Å²) in [7, 11) is 0. The second kappa shape index (κ2) is 5.58. The van der Waals surface area contributed by atoms with Crippen molar-refractivity contribution >= 4 is 18.0 Å². The highest BCUT2D eigenvalue weighted by Gasteiger charge is 2.55. The van der Waals surface area contributed by atoms with Gasteiger partial charge in [0.2, 0.25) is 0 Å². The van der Waals surface area contributed by atoms with Gasteiger partial charge in [-0.1, -0.05) is 18.2 Å². The van der Waals surface area contributed by atoms with Crippen molar-refractivity contribution in [1.82, 2.24) is 5.32 Å². The Hall–Kier alpha value is -1.84. The van der Waals surface area contributed by atoms with Crippen LogP contribution in [-0.4, -0.2) is 24.9 Å². The van der Waals surface area contributed by atoms with E-state index in [4.69, 9.17) is 0 Å². The molecular formula is C21H26N2O2. The van der Waals surface area contributed by atoms with Gasteiger partial charge in [0.1, 0.15) is 6.29 Å². The van der Waals surface area contributed by atoms with Crippen molar-refractivity contribution in [3.05, 3.63) is 29.8 Å². The zero-order valence-electron chi connectivity index (χ0n) is 14.6. The number of nitrogens with zero attached hydrogens (tertiary/aromatic N) is 1. The third-order valence-electron chi connectivity index (χ3n) is 7.22. The van der Waals surface area contributed by atoms with Gasteiger partial charge in [0.25, 0.3) is 0 Å². The SMILES string of the molecule is O=CC12CC3CC(C1)C(NC(=O)N1CCCc4ccccc41)C(C3)C2. The predicted octanol–water partition coefficient (Wildman–Crippen LogP) is 3.54. The van der Waals surface area contributed by atoms with Gasteiger partial charge in [-0.3, -0.25) is 4.90 Å². The number of para-hydroxylation sites is 1. The van der Waals surface area contributed by atoms with Crippen LogP contribution in [0.2, 0.25) is 0 Å². The van der Waals surface area contributed by atoms with Gasteiger partial charge in [0.15, 0.2) is 0 Å². The van der Waals surface area contributed by atoms with E-state index in [9.17, 15) is 9.59 Å². The van der Waals surface area contributed by atoms with E-state index in [1.54, 1.807) is 0 Å². The van der Waals surface area contributed by atoms with Crippen LogP contribution in [0.1, 0.15) is 44.1 Å². The highest BCUT2D eigenvalue weighted by atomic mass is 16.2. The Morgan fingerprint density at radius 1 is 1.16 bits per heavy atom. The molecule has 1 aliphatic heterocycles. The van der Waals surface area contributed by atoms with E-state index in [-0.39, 0.29) is 17.5 Å². The number of hydrogen-bond acceptors (Lipinski definition) is 2. The maximum absolute atomic E-state index is 13.0. The number of anilines is 1. The summed E-state index contributed by atoms with van der Waals surface area (Å²) in [5.41, 5.74) is 2.27. The molecule has 4 saturated carbocycles. The van der Waals surface area contributed by atoms with Gasteiger partial charge >= 0.3 is 6.03 Å². The first kappa shape index (κ1) is 15.4. The first-order chi connectivity index (χ1) is 12.2. The minimum Gasteiger partial charge on any atom is -0.334 e. The summed E-state index contributed by atoms with van der Waals surface area (Å²) in [6.07, 6.45) is 8.73. The molecule has 2 atom stereocenters. The second-order valence-electron chi connectivity index (χ2n) is 8.81. The minimum absolute atomic E-state index is 0.0600. The normalized spacial score (nSPS) is 38.3. The number of aldehydes is 1. The van der Waals surface area contributed by atoms with Crippen molar-refractivity contribution in [3.8, 4) is 0 Å². The largest absolute Gasteiger partial charge is 0.334 e. The standard InChI is InChI=1S/C21H26N2O2/c24-13-21-10-14-8-16(11-21)19(17(9-14)12-21)22-20(25)23-7-3-5-15-4-1-2-6-18(15)23/h1-2,4,6,13-14,16-17,19H,3,5,7-12H2,(H,22,25). The Morgan fingerprint density at radius 3 is 2.68 bits per heavy atom. The summed E-state index contributed by atoms with van der Waals surface area (Å²) in [4.78, 5) is 26.7. The third kappa shape index (κ3) is 2.41. The average molecular weight is 338 g/mol. The van der Waals surface area contributed by atoms with E-state index in [1.165, 1.54) is 24.7 Å². The van der Waals surface area contributed by atoms with Crippen LogP contribution in [-0.2, 0) is 11.2 Å². The Balaban J connectivity index is 1.35. The molecule has 2 amide bonds. The number of benzene rings is 1. The summed E-state index contributed by atoms with van der Waals surface area (Å²) in [6, 6.07) is 8.58. The quantitative estimate of drug-likeness (QED) is 0.839. The van der Waals surface area contributed by atoms with Crippen molar-refractivity contribution in [2.24, 2.45) is 23.2 Å². The van der Waals surface area contributed by atoms with Gasteiger partial charge in [0.05, 0.1) is 0 Å². The lowest BCUT2D eigenvalue weighted by Crippen LogP contribution is -2.61. The van der Waals surface area contributed by atoms with Gasteiger partial charge < -0.3 is 10.1 Å². The molecule has 5 aliphatic rings. The van der Waals surface area contributed by atoms with E-state index < -0.39 is 0 Å². The number of carbonyl (C=O) groups is 2. The molecular weight excluding hydrogens is 312 g/mol. The second-order valence-corrected chi connectivity index (χ2v) is 8.81. The summed E-state index contributed by atoms with van der Waals surface area (Å²) in [5.74, 6) is 1.67. The Bertz CT molecular complexity index is 700. The molecule has 1 heterocycles. The molecule has 1 N–H and O–H groups in total. The minimum atomic E-state index is -0.0740. The number of fused-ring (bicyclic) bond motifs is 1. The van der Waals surface area contributed by atoms with E-state index in [1.807, 2.05) is 11.0 Å². The van der Waals surface area contributed by atoms with E-state index in [0.717, 1.165) is 44.3 Å². The highest BCUT2D eigenvalue weighted by molar-refractivity contribution is 5.93. The molecule has 25 heavy (non-hydrogen) atoms. The van der Waals surface area contributed by atoms with Gasteiger partial charge in [-0.2, -0.15) is 0 Å². The van der Waals surface area contributed by atoms with Crippen LogP contribution in [0.5, 0.6) is 0 Å². The third-order valence-corrected chi connectivity index (χ3v) is 7.22. The molecule has 4 fully saturated rings. The average Bonchev–Trinajstić information content (AvgIpc) is 2.63. The molecule has 0 spiro atoms. The fourth-order valence-corrected chi connectivity index (χ4v) is 6.43. The van der Waals surface area contributed by atoms with Gasteiger partial charge in [-0.05, 0) is 74.3 Å². The van der Waals surface area contributed by atoms with Gasteiger partial charge in [0, 0.05) is 23.7 Å². The molecule has 4 aliphatic carbocycles. The van der Waals surface area contributed by atoms with Crippen LogP contribution in [0.25, 0.3) is 0 Å². The predicted molar refractivity (Wildman–Crippen MR) is 96.5 cm³/mol. The van der Waals surface area contributed by atoms with Crippen LogP contribution in [0.4, 0.5) is 10.5 Å². The van der Waals surface area contributed by atoms with Crippen molar-refractivity contribution in [3.63, 3.8) is 0 Å². The molecule has 0 radical (unpaired) electrons. The summed E-state index contributed by atoms with van der Waals surface area (Å²) < 4.78 is 0. The molecule has 0 saturated heterocycles. The lowest BCUT2D eigenvalue weighted by molar-refractivity contribution is -0.133. The zero-order chi connectivity index (χ0) is 17.0. The Morgan fingerprint density at radius 2 is 1.92 bits per heavy atom. The number of carbonyl (C=O) groups excluding carboxylic acids is 2. The molecule has 4 heteroatoms. The summed E-state index contributed by atoms with van der Waals surface area (Å²) in [5, 5.41) is 3.38. The van der Waals surface area contributed by atoms with Crippen molar-refractivity contribution in [1.29, 1.82) is 0 Å². The van der Waals surface area contributed by atoms with Crippen molar-refractivity contribution < 1.29 is 9.59 Å². The maximum atomic E-state index is 13.0. The topological polar surface area (TPSA) is 49.4 Å². The van der Waals surface area contributed by atoms with Crippen LogP contribution < -0.4 is 10.2 Å². The molecule has 2 unspecified atom stereocenters. The Kier molecular flexibility index (Phi) is 3.44. The van der Waals surface area contributed by atoms with Crippen molar-refractivity contribution in [2.45, 2.75) is 51.0 Å². The molecule has 0 aromatic heterocycles. The summed E-state index contributed by atoms with van der Waals surface area (Å²) >= 11 is 0. The van der Waals surface area contributed by atoms with Crippen LogP contribution in [0.15, 0.2) is 24.3 Å². The van der Waals surface area contributed by atoms with Crippen LogP contribution in [0, 0.1) is 23.2 Å². The van der Waals surface area contributed by atoms with Gasteiger partial charge in [-0.15, -0.1) is 0 Å². The lowest BCUT2D eigenvalue weighted by atomic mass is 9.48. The van der Waals surface area contributed by atoms with E-state index in [0.29, 0.717) is 17.8 Å². The number of hydrogen-bond donors (Lipinski definition) is 1. The van der Waals surface area contributed by atoms with E-state index in [2.05, 4.69) is 23.5 Å². The van der Waals surface area contributed by atoms with E-state index >= 15 is 0 Å². The van der Waals surface area contributed by atoms with Crippen molar-refractivity contribution in [2.75, 3.05) is 11.4 Å². The molecule has 132 valence electrons. The monoisotopic (exact) mass is 338 g/mol. The molecule has 1 aromatic rings. The molecule has 4 nitrogen and oxygen atoms in total. The van der Waals surface area contributed by atoms with Gasteiger partial charge in [-0.25, -0.2) is 4.79 Å². The van der Waals surface area contributed by atoms with Crippen LogP contribution in [0.3, 0.4) is 0 Å². The smallest absolute Gasteiger partial charge is 0.322 e.